The monoisotopic (exact) mass is 244 g/mol. The number of rotatable bonds is 4. The fourth-order valence-electron chi connectivity index (χ4n) is 1.16. The van der Waals surface area contributed by atoms with Crippen molar-refractivity contribution in [3.63, 3.8) is 0 Å². The summed E-state index contributed by atoms with van der Waals surface area (Å²) in [6.07, 6.45) is 2.43. The summed E-state index contributed by atoms with van der Waals surface area (Å²) in [4.78, 5) is 0. The van der Waals surface area contributed by atoms with Gasteiger partial charge in [0, 0.05) is 5.56 Å². The van der Waals surface area contributed by atoms with Crippen LogP contribution in [-0.2, 0) is 0 Å². The van der Waals surface area contributed by atoms with Crippen LogP contribution >= 0.6 is 15.9 Å². The van der Waals surface area contributed by atoms with Crippen molar-refractivity contribution in [2.45, 2.75) is 19.4 Å². The number of hydrogen-bond donors (Lipinski definition) is 2. The molecule has 3 nitrogen and oxygen atoms in total. The second-order valence-electron chi connectivity index (χ2n) is 3.03. The summed E-state index contributed by atoms with van der Waals surface area (Å²) in [5, 5.41) is 0. The number of nitrogens with two attached hydrogens (primary N) is 1. The molecule has 0 bridgehead atoms. The molecule has 3 N–H and O–H groups in total. The molecule has 0 fully saturated rings. The van der Waals surface area contributed by atoms with E-state index < -0.39 is 0 Å². The summed E-state index contributed by atoms with van der Waals surface area (Å²) in [5.74, 6) is 5.43. The summed E-state index contributed by atoms with van der Waals surface area (Å²) in [7, 11) is 0. The molecule has 1 unspecified atom stereocenters. The Labute approximate surface area is 86.1 Å². The van der Waals surface area contributed by atoms with E-state index in [0.29, 0.717) is 0 Å². The minimum absolute atomic E-state index is 0.0608. The van der Waals surface area contributed by atoms with Crippen molar-refractivity contribution >= 4 is 15.9 Å². The van der Waals surface area contributed by atoms with Gasteiger partial charge in [-0.1, -0.05) is 5.57 Å². The Hall–Kier alpha value is -0.580. The molecule has 0 saturated carbocycles. The summed E-state index contributed by atoms with van der Waals surface area (Å²) < 4.78 is 5.84. The smallest absolute Gasteiger partial charge is 0.173 e. The van der Waals surface area contributed by atoms with Crippen LogP contribution in [0.25, 0.3) is 0 Å². The number of furan rings is 1. The molecular formula is C9H13BrN2O. The Balaban J connectivity index is 2.78. The molecule has 0 radical (unpaired) electrons. The van der Waals surface area contributed by atoms with E-state index >= 15 is 0 Å². The summed E-state index contributed by atoms with van der Waals surface area (Å²) in [6, 6.07) is 1.95. The van der Waals surface area contributed by atoms with Gasteiger partial charge in [-0.15, -0.1) is 6.58 Å². The molecule has 0 aliphatic heterocycles. The van der Waals surface area contributed by atoms with E-state index in [2.05, 4.69) is 27.9 Å². The first-order chi connectivity index (χ1) is 6.15. The lowest BCUT2D eigenvalue weighted by atomic mass is 10.0. The Morgan fingerprint density at radius 3 is 2.92 bits per heavy atom. The molecule has 1 atom stereocenters. The summed E-state index contributed by atoms with van der Waals surface area (Å²) >= 11 is 3.31. The van der Waals surface area contributed by atoms with Gasteiger partial charge >= 0.3 is 0 Å². The normalized spacial score (nSPS) is 12.8. The molecule has 0 saturated heterocycles. The average molecular weight is 245 g/mol. The Morgan fingerprint density at radius 1 is 1.85 bits per heavy atom. The lowest BCUT2D eigenvalue weighted by Gasteiger charge is -2.14. The largest absolute Gasteiger partial charge is 0.457 e. The lowest BCUT2D eigenvalue weighted by Crippen LogP contribution is -2.28. The van der Waals surface area contributed by atoms with E-state index in [1.807, 2.05) is 13.0 Å². The summed E-state index contributed by atoms with van der Waals surface area (Å²) in [5.41, 5.74) is 4.82. The molecule has 0 aliphatic carbocycles. The second-order valence-corrected chi connectivity index (χ2v) is 3.75. The quantitative estimate of drug-likeness (QED) is 0.486. The molecule has 13 heavy (non-hydrogen) atoms. The van der Waals surface area contributed by atoms with Crippen LogP contribution < -0.4 is 11.3 Å². The van der Waals surface area contributed by atoms with E-state index in [4.69, 9.17) is 10.3 Å². The molecule has 1 rings (SSSR count). The van der Waals surface area contributed by atoms with Crippen LogP contribution in [0.3, 0.4) is 0 Å². The topological polar surface area (TPSA) is 51.2 Å². The van der Waals surface area contributed by atoms with Gasteiger partial charge in [0.05, 0.1) is 12.3 Å². The zero-order chi connectivity index (χ0) is 9.84. The van der Waals surface area contributed by atoms with Gasteiger partial charge in [-0.25, -0.2) is 0 Å². The maximum absolute atomic E-state index is 5.43. The van der Waals surface area contributed by atoms with Crippen LogP contribution in [-0.4, -0.2) is 0 Å². The van der Waals surface area contributed by atoms with E-state index in [9.17, 15) is 0 Å². The van der Waals surface area contributed by atoms with Crippen molar-refractivity contribution in [2.75, 3.05) is 0 Å². The lowest BCUT2D eigenvalue weighted by molar-refractivity contribution is 0.506. The molecule has 1 heterocycles. The maximum Gasteiger partial charge on any atom is 0.173 e. The van der Waals surface area contributed by atoms with Crippen molar-refractivity contribution < 1.29 is 4.42 Å². The molecule has 0 amide bonds. The van der Waals surface area contributed by atoms with E-state index in [0.717, 1.165) is 22.2 Å². The van der Waals surface area contributed by atoms with Gasteiger partial charge in [0.1, 0.15) is 0 Å². The summed E-state index contributed by atoms with van der Waals surface area (Å²) in [6.45, 7) is 5.81. The van der Waals surface area contributed by atoms with Gasteiger partial charge in [0.2, 0.25) is 0 Å². The number of hydrazine groups is 1. The number of halogens is 1. The van der Waals surface area contributed by atoms with Gasteiger partial charge in [-0.3, -0.25) is 11.3 Å². The van der Waals surface area contributed by atoms with Crippen LogP contribution in [0.1, 0.15) is 24.9 Å². The fraction of sp³-hybridized carbons (Fsp3) is 0.333. The molecule has 0 spiro atoms. The highest BCUT2D eigenvalue weighted by atomic mass is 79.9. The standard InChI is InChI=1S/C9H13BrN2O/c1-6(2)5-8(12-11)7-3-4-13-9(7)10/h3-4,8,12H,1,5,11H2,2H3. The van der Waals surface area contributed by atoms with Gasteiger partial charge in [-0.05, 0) is 35.3 Å². The third-order valence-corrected chi connectivity index (χ3v) is 2.42. The molecule has 72 valence electrons. The van der Waals surface area contributed by atoms with Crippen LogP contribution in [0.2, 0.25) is 0 Å². The van der Waals surface area contributed by atoms with Gasteiger partial charge in [0.25, 0.3) is 0 Å². The SMILES string of the molecule is C=C(C)CC(NN)c1ccoc1Br. The average Bonchev–Trinajstić information content (AvgIpc) is 2.47. The Kier molecular flexibility index (Phi) is 3.71. The highest BCUT2D eigenvalue weighted by Gasteiger charge is 2.14. The molecule has 0 aromatic carbocycles. The van der Waals surface area contributed by atoms with Crippen LogP contribution in [0.15, 0.2) is 33.6 Å². The van der Waals surface area contributed by atoms with E-state index in [-0.39, 0.29) is 6.04 Å². The van der Waals surface area contributed by atoms with Crippen molar-refractivity contribution in [2.24, 2.45) is 5.84 Å². The second kappa shape index (κ2) is 4.60. The maximum atomic E-state index is 5.43. The third-order valence-electron chi connectivity index (χ3n) is 1.78. The van der Waals surface area contributed by atoms with Crippen molar-refractivity contribution in [3.05, 3.63) is 34.7 Å². The first-order valence-electron chi connectivity index (χ1n) is 3.98. The highest BCUT2D eigenvalue weighted by molar-refractivity contribution is 9.10. The molecule has 0 aliphatic rings. The van der Waals surface area contributed by atoms with Crippen LogP contribution in [0, 0.1) is 0 Å². The van der Waals surface area contributed by atoms with Gasteiger partial charge in [0.15, 0.2) is 4.67 Å². The minimum Gasteiger partial charge on any atom is -0.457 e. The Bertz CT molecular complexity index is 296. The first kappa shape index (κ1) is 10.5. The van der Waals surface area contributed by atoms with Crippen LogP contribution in [0.5, 0.6) is 0 Å². The van der Waals surface area contributed by atoms with Gasteiger partial charge in [-0.2, -0.15) is 0 Å². The van der Waals surface area contributed by atoms with Crippen molar-refractivity contribution in [1.29, 1.82) is 0 Å². The molecule has 1 aromatic heterocycles. The molecule has 1 aromatic rings. The first-order valence-corrected chi connectivity index (χ1v) is 4.78. The predicted octanol–water partition coefficient (Wildman–Crippen LogP) is 2.51. The molecular weight excluding hydrogens is 232 g/mol. The third kappa shape index (κ3) is 2.69. The predicted molar refractivity (Wildman–Crippen MR) is 55.9 cm³/mol. The van der Waals surface area contributed by atoms with Crippen molar-refractivity contribution in [1.82, 2.24) is 5.43 Å². The zero-order valence-electron chi connectivity index (χ0n) is 7.51. The number of nitrogens with one attached hydrogen (secondary N) is 1. The van der Waals surface area contributed by atoms with Gasteiger partial charge < -0.3 is 4.42 Å². The molecule has 4 heteroatoms. The Morgan fingerprint density at radius 2 is 2.54 bits per heavy atom. The van der Waals surface area contributed by atoms with Crippen molar-refractivity contribution in [3.8, 4) is 0 Å². The minimum atomic E-state index is 0.0608. The van der Waals surface area contributed by atoms with E-state index in [1.54, 1.807) is 6.26 Å². The van der Waals surface area contributed by atoms with E-state index in [1.165, 1.54) is 0 Å². The van der Waals surface area contributed by atoms with Crippen LogP contribution in [0.4, 0.5) is 0 Å². The zero-order valence-corrected chi connectivity index (χ0v) is 9.10. The number of hydrogen-bond acceptors (Lipinski definition) is 3. The highest BCUT2D eigenvalue weighted by Crippen LogP contribution is 2.27. The fourth-order valence-corrected chi connectivity index (χ4v) is 1.68.